The van der Waals surface area contributed by atoms with E-state index < -0.39 is 170 Å². The maximum atomic E-state index is 15.4. The van der Waals surface area contributed by atoms with E-state index in [0.29, 0.717) is 61.3 Å². The normalized spacial score (nSPS) is 23.1. The number of rotatable bonds is 17. The number of hydrogen-bond donors (Lipinski definition) is 4. The molecule has 574 valence electrons. The number of carbonyl (C=O) groups excluding carboxylic acids is 12. The van der Waals surface area contributed by atoms with Gasteiger partial charge in [0.2, 0.25) is 70.9 Å². The van der Waals surface area contributed by atoms with Crippen molar-refractivity contribution in [3.63, 3.8) is 0 Å². The largest absolute Gasteiger partial charge is 0.573 e. The van der Waals surface area contributed by atoms with Crippen LogP contribution in [0.1, 0.15) is 129 Å². The summed E-state index contributed by atoms with van der Waals surface area (Å²) in [6, 6.07) is 6.94. The van der Waals surface area contributed by atoms with Gasteiger partial charge in [-0.15, -0.1) is 13.2 Å². The first kappa shape index (κ1) is 86.6. The van der Waals surface area contributed by atoms with E-state index in [0.717, 1.165) is 51.5 Å². The van der Waals surface area contributed by atoms with Crippen molar-refractivity contribution in [2.24, 2.45) is 17.8 Å². The van der Waals surface area contributed by atoms with E-state index in [-0.39, 0.29) is 49.5 Å². The lowest BCUT2D eigenvalue weighted by atomic mass is 9.95. The number of piperidine rings is 1. The minimum Gasteiger partial charge on any atom is -0.406 e. The third kappa shape index (κ3) is 25.9. The van der Waals surface area contributed by atoms with Crippen LogP contribution >= 0.6 is 34.2 Å². The van der Waals surface area contributed by atoms with E-state index in [1.807, 2.05) is 26.8 Å². The molecule has 12 amide bonds. The van der Waals surface area contributed by atoms with Crippen LogP contribution < -0.4 is 26.0 Å². The molecule has 2 aliphatic rings. The van der Waals surface area contributed by atoms with Crippen LogP contribution in [0.3, 0.4) is 0 Å². The molecule has 0 saturated carbocycles. The summed E-state index contributed by atoms with van der Waals surface area (Å²) in [5.41, 5.74) is 1.23. The molecule has 2 aliphatic heterocycles. The average molecular weight is 1590 g/mol. The van der Waals surface area contributed by atoms with Gasteiger partial charge < -0.3 is 65.2 Å². The molecule has 2 heterocycles. The molecule has 30 heteroatoms. The number of hydrogen-bond acceptors (Lipinski definition) is 13. The highest BCUT2D eigenvalue weighted by molar-refractivity contribution is 14.1. The zero-order valence-electron chi connectivity index (χ0n) is 62.3. The number of likely N-dealkylation sites (tertiary alicyclic amines) is 1. The van der Waals surface area contributed by atoms with Gasteiger partial charge in [-0.1, -0.05) is 116 Å². The van der Waals surface area contributed by atoms with Crippen LogP contribution in [0.2, 0.25) is 5.02 Å². The minimum atomic E-state index is -5.12. The summed E-state index contributed by atoms with van der Waals surface area (Å²) < 4.78 is 46.3. The first-order valence-corrected chi connectivity index (χ1v) is 36.9. The summed E-state index contributed by atoms with van der Waals surface area (Å²) in [5.74, 6) is -11.0. The molecule has 0 radical (unpaired) electrons. The summed E-state index contributed by atoms with van der Waals surface area (Å²) in [4.78, 5) is 188. The van der Waals surface area contributed by atoms with Gasteiger partial charge in [0, 0.05) is 90.3 Å². The third-order valence-electron chi connectivity index (χ3n) is 19.0. The van der Waals surface area contributed by atoms with E-state index in [2.05, 4.69) is 48.6 Å². The summed E-state index contributed by atoms with van der Waals surface area (Å²) >= 11 is 8.33. The van der Waals surface area contributed by atoms with Gasteiger partial charge in [0.1, 0.15) is 54.1 Å². The van der Waals surface area contributed by atoms with Gasteiger partial charge in [0.15, 0.2) is 0 Å². The van der Waals surface area contributed by atoms with Crippen LogP contribution in [0.5, 0.6) is 5.75 Å². The van der Waals surface area contributed by atoms with Crippen LogP contribution in [0, 0.1) is 21.3 Å². The second-order valence-corrected chi connectivity index (χ2v) is 30.0. The molecule has 104 heavy (non-hydrogen) atoms. The summed E-state index contributed by atoms with van der Waals surface area (Å²) in [5, 5.41) is 11.6. The quantitative estimate of drug-likeness (QED) is 0.109. The Kier molecular flexibility index (Phi) is 33.6. The molecule has 5 rings (SSSR count). The standard InChI is InChI=1S/C74H105ClF3IN12O13/c1-15-17-27-54-69(99)89(13)58(40-50-24-22-26-53(37-50)104-74(76,77)78)67(97)82-56(34-45(3)4)70(100)90(14)60(72(102)91-32-19-18-20-33-91)41-62(93)87(11)57(35-46(5)6)68(98)83-65(47(7)16-2)73(103)86(10)43-63(94)84(8)44-64(95)88(12)59(39-48-28-30-51(75)31-29-48)71(101)85(9)42-61(92)80-55(66(96)81-54)38-49-23-21-25-52(79)36-49/h21-26,28-31,36-37,45-47,54-60,65H,15-20,27,32-35,38-44H2,1-14H3,(H,80,92)(H,81,96)(H,82,97)(H,83,98)/t47-,54-,55-,56-,57-,58-,59-,60-,65-/m0/s1. The van der Waals surface area contributed by atoms with Crippen LogP contribution in [0.4, 0.5) is 13.2 Å². The Morgan fingerprint density at radius 2 is 1.12 bits per heavy atom. The molecule has 0 bridgehead atoms. The molecule has 9 atom stereocenters. The molecule has 0 aliphatic carbocycles. The van der Waals surface area contributed by atoms with Crippen LogP contribution in [-0.2, 0) is 76.8 Å². The molecule has 0 aromatic heterocycles. The lowest BCUT2D eigenvalue weighted by Crippen LogP contribution is -2.61. The second kappa shape index (κ2) is 40.4. The Labute approximate surface area is 627 Å². The fourth-order valence-electron chi connectivity index (χ4n) is 12.6. The van der Waals surface area contributed by atoms with E-state index in [4.69, 9.17) is 11.6 Å². The Hall–Kier alpha value is -8.09. The number of nitrogens with one attached hydrogen (secondary N) is 4. The van der Waals surface area contributed by atoms with Crippen molar-refractivity contribution in [3.8, 4) is 5.75 Å². The Balaban J connectivity index is 1.70. The lowest BCUT2D eigenvalue weighted by molar-refractivity contribution is -0.274. The molecule has 2 saturated heterocycles. The number of unbranched alkanes of at least 4 members (excludes halogenated alkanes) is 1. The molecule has 3 aromatic rings. The third-order valence-corrected chi connectivity index (χ3v) is 19.9. The minimum absolute atomic E-state index is 0.0290. The molecular weight excluding hydrogens is 1480 g/mol. The topological polar surface area (TPSA) is 288 Å². The van der Waals surface area contributed by atoms with Crippen molar-refractivity contribution in [1.82, 2.24) is 60.5 Å². The van der Waals surface area contributed by atoms with Crippen molar-refractivity contribution < 1.29 is 75.4 Å². The molecular formula is C74H105ClF3IN12O13. The summed E-state index contributed by atoms with van der Waals surface area (Å²) in [7, 11) is 9.35. The number of ether oxygens (including phenoxy) is 1. The Morgan fingerprint density at radius 3 is 1.71 bits per heavy atom. The zero-order valence-corrected chi connectivity index (χ0v) is 65.2. The Morgan fingerprint density at radius 1 is 0.558 bits per heavy atom. The first-order valence-electron chi connectivity index (χ1n) is 35.5. The van der Waals surface area contributed by atoms with Gasteiger partial charge in [-0.3, -0.25) is 57.5 Å². The van der Waals surface area contributed by atoms with Crippen molar-refractivity contribution >= 4 is 105 Å². The van der Waals surface area contributed by atoms with Crippen LogP contribution in [-0.4, -0.2) is 247 Å². The maximum Gasteiger partial charge on any atom is 0.573 e. The zero-order chi connectivity index (χ0) is 77.6. The summed E-state index contributed by atoms with van der Waals surface area (Å²) in [6.45, 7) is 11.3. The predicted molar refractivity (Wildman–Crippen MR) is 395 cm³/mol. The van der Waals surface area contributed by atoms with E-state index in [1.165, 1.54) is 66.4 Å². The number of alkyl halides is 3. The monoisotopic (exact) mass is 1590 g/mol. The Bertz CT molecular complexity index is 3490. The highest BCUT2D eigenvalue weighted by atomic mass is 127. The number of likely N-dealkylation sites (N-methyl/N-ethyl adjacent to an activating group) is 7. The number of amides is 12. The van der Waals surface area contributed by atoms with E-state index >= 15 is 28.8 Å². The highest BCUT2D eigenvalue weighted by Gasteiger charge is 2.43. The second-order valence-electron chi connectivity index (χ2n) is 28.3. The fraction of sp³-hybridized carbons (Fsp3) is 0.595. The highest BCUT2D eigenvalue weighted by Crippen LogP contribution is 2.27. The number of benzene rings is 3. The van der Waals surface area contributed by atoms with Gasteiger partial charge in [-0.2, -0.15) is 0 Å². The lowest BCUT2D eigenvalue weighted by Gasteiger charge is -2.38. The fourth-order valence-corrected chi connectivity index (χ4v) is 13.3. The summed E-state index contributed by atoms with van der Waals surface area (Å²) in [6.07, 6.45) is -3.29. The molecule has 0 unspecified atom stereocenters. The van der Waals surface area contributed by atoms with Crippen molar-refractivity contribution in [2.75, 3.05) is 82.1 Å². The SMILES string of the molecule is CCCC[C@@H]1NC(=O)[C@H](Cc2cccc(I)c2)NC(=O)CN(C)C(=O)[C@H](Cc2ccc(Cl)cc2)N(C)C(=O)CN(C)C(=O)CN(C)C(=O)[C@H]([C@@H](C)CC)NC(=O)[C@H](CC(C)C)N(C)C(=O)C[C@@H](C(=O)N2CCCCC2)N(C)C(=O)[C@H](CC(C)C)NC(=O)[C@H](Cc2cccc(OC(F)(F)F)c2)N(C)C1=O. The number of nitrogens with zero attached hydrogens (tertiary/aromatic N) is 8. The number of halogens is 5. The van der Waals surface area contributed by atoms with Crippen molar-refractivity contribution in [2.45, 2.75) is 187 Å². The first-order chi connectivity index (χ1) is 48.8. The predicted octanol–water partition coefficient (Wildman–Crippen LogP) is 6.24. The van der Waals surface area contributed by atoms with Gasteiger partial charge in [0.25, 0.3) is 0 Å². The van der Waals surface area contributed by atoms with Crippen molar-refractivity contribution in [1.29, 1.82) is 0 Å². The molecule has 0 spiro atoms. The van der Waals surface area contributed by atoms with Gasteiger partial charge in [0.05, 0.1) is 26.1 Å². The molecule has 4 N–H and O–H groups in total. The smallest absolute Gasteiger partial charge is 0.406 e. The van der Waals surface area contributed by atoms with Gasteiger partial charge in [-0.25, -0.2) is 0 Å². The van der Waals surface area contributed by atoms with Crippen LogP contribution in [0.25, 0.3) is 0 Å². The van der Waals surface area contributed by atoms with Crippen molar-refractivity contribution in [3.05, 3.63) is 98.1 Å². The molecule has 2 fully saturated rings. The van der Waals surface area contributed by atoms with Crippen LogP contribution in [0.15, 0.2) is 72.8 Å². The van der Waals surface area contributed by atoms with Gasteiger partial charge >= 0.3 is 6.36 Å². The molecule has 3 aromatic carbocycles. The molecule has 25 nitrogen and oxygen atoms in total. The van der Waals surface area contributed by atoms with E-state index in [9.17, 15) is 41.9 Å². The average Bonchev–Trinajstić information content (AvgIpc) is 0.799. The number of carbonyl (C=O) groups is 12. The van der Waals surface area contributed by atoms with E-state index in [1.54, 1.807) is 75.1 Å². The maximum absolute atomic E-state index is 15.4. The van der Waals surface area contributed by atoms with Gasteiger partial charge in [-0.05, 0) is 132 Å².